The lowest BCUT2D eigenvalue weighted by Gasteiger charge is -2.36. The van der Waals surface area contributed by atoms with Gasteiger partial charge in [-0.25, -0.2) is 4.98 Å². The fourth-order valence-electron chi connectivity index (χ4n) is 2.77. The number of carbonyl (C=O) groups is 1. The van der Waals surface area contributed by atoms with Gasteiger partial charge in [0, 0.05) is 43.0 Å². The number of amides is 1. The molecule has 25 heavy (non-hydrogen) atoms. The van der Waals surface area contributed by atoms with Crippen molar-refractivity contribution in [1.82, 2.24) is 9.88 Å². The van der Waals surface area contributed by atoms with Crippen molar-refractivity contribution in [2.75, 3.05) is 31.1 Å². The summed E-state index contributed by atoms with van der Waals surface area (Å²) in [5, 5.41) is 0.538. The van der Waals surface area contributed by atoms with Gasteiger partial charge in [0.15, 0.2) is 0 Å². The number of aromatic nitrogens is 1. The number of hydrogen-bond donors (Lipinski definition) is 0. The topological polar surface area (TPSA) is 36.4 Å². The minimum atomic E-state index is -4.46. The van der Waals surface area contributed by atoms with Crippen LogP contribution in [0.1, 0.15) is 15.9 Å². The number of halogens is 4. The first-order chi connectivity index (χ1) is 11.9. The monoisotopic (exact) mass is 369 g/mol. The maximum Gasteiger partial charge on any atom is 0.419 e. The molecule has 1 aromatic heterocycles. The zero-order chi connectivity index (χ0) is 18.0. The van der Waals surface area contributed by atoms with Crippen LogP contribution in [0.4, 0.5) is 19.0 Å². The van der Waals surface area contributed by atoms with Crippen LogP contribution in [0.2, 0.25) is 5.02 Å². The normalized spacial score (nSPS) is 15.4. The summed E-state index contributed by atoms with van der Waals surface area (Å²) in [5.41, 5.74) is -0.251. The lowest BCUT2D eigenvalue weighted by Crippen LogP contribution is -2.49. The Bertz CT molecular complexity index is 756. The van der Waals surface area contributed by atoms with Crippen molar-refractivity contribution in [1.29, 1.82) is 0 Å². The van der Waals surface area contributed by atoms with E-state index in [0.29, 0.717) is 36.8 Å². The maximum atomic E-state index is 13.1. The molecule has 0 aliphatic carbocycles. The number of alkyl halides is 3. The number of hydrogen-bond acceptors (Lipinski definition) is 3. The van der Waals surface area contributed by atoms with Gasteiger partial charge < -0.3 is 9.80 Å². The molecule has 2 aromatic rings. The van der Waals surface area contributed by atoms with E-state index in [1.807, 2.05) is 0 Å². The van der Waals surface area contributed by atoms with Crippen LogP contribution in [0.5, 0.6) is 0 Å². The fourth-order valence-corrected chi connectivity index (χ4v) is 2.89. The molecule has 1 aromatic carbocycles. The SMILES string of the molecule is O=C(c1ccc(Cl)cc1)N1CCN(c2ncccc2C(F)(F)F)CC1. The van der Waals surface area contributed by atoms with Gasteiger partial charge in [0.1, 0.15) is 5.82 Å². The molecule has 0 N–H and O–H groups in total. The predicted molar refractivity (Wildman–Crippen MR) is 88.8 cm³/mol. The van der Waals surface area contributed by atoms with Crippen LogP contribution in [0.15, 0.2) is 42.6 Å². The van der Waals surface area contributed by atoms with Crippen LogP contribution in [-0.2, 0) is 6.18 Å². The minimum Gasteiger partial charge on any atom is -0.353 e. The molecule has 132 valence electrons. The van der Waals surface area contributed by atoms with Gasteiger partial charge in [-0.2, -0.15) is 13.2 Å². The number of piperazine rings is 1. The lowest BCUT2D eigenvalue weighted by molar-refractivity contribution is -0.137. The Morgan fingerprint density at radius 1 is 1.04 bits per heavy atom. The highest BCUT2D eigenvalue weighted by atomic mass is 35.5. The Morgan fingerprint density at radius 2 is 1.68 bits per heavy atom. The Labute approximate surface area is 147 Å². The Hall–Kier alpha value is -2.28. The lowest BCUT2D eigenvalue weighted by atomic mass is 10.1. The van der Waals surface area contributed by atoms with Crippen molar-refractivity contribution in [3.8, 4) is 0 Å². The van der Waals surface area contributed by atoms with Crippen molar-refractivity contribution < 1.29 is 18.0 Å². The molecule has 1 aliphatic heterocycles. The van der Waals surface area contributed by atoms with Crippen molar-refractivity contribution in [2.24, 2.45) is 0 Å². The average Bonchev–Trinajstić information content (AvgIpc) is 2.61. The fraction of sp³-hybridized carbons (Fsp3) is 0.294. The Kier molecular flexibility index (Phi) is 4.85. The van der Waals surface area contributed by atoms with Gasteiger partial charge in [0.05, 0.1) is 5.56 Å². The van der Waals surface area contributed by atoms with Crippen molar-refractivity contribution in [3.63, 3.8) is 0 Å². The summed E-state index contributed by atoms with van der Waals surface area (Å²) in [5.74, 6) is -0.248. The standard InChI is InChI=1S/C17H15ClF3N3O/c18-13-5-3-12(4-6-13)16(25)24-10-8-23(9-11-24)15-14(17(19,20)21)2-1-7-22-15/h1-7H,8-11H2. The van der Waals surface area contributed by atoms with Gasteiger partial charge in [0.25, 0.3) is 5.91 Å². The van der Waals surface area contributed by atoms with Gasteiger partial charge >= 0.3 is 6.18 Å². The van der Waals surface area contributed by atoms with Gasteiger partial charge in [-0.05, 0) is 36.4 Å². The average molecular weight is 370 g/mol. The summed E-state index contributed by atoms with van der Waals surface area (Å²) in [6.07, 6.45) is -3.12. The van der Waals surface area contributed by atoms with E-state index >= 15 is 0 Å². The molecule has 3 rings (SSSR count). The van der Waals surface area contributed by atoms with Crippen LogP contribution in [0, 0.1) is 0 Å². The van der Waals surface area contributed by atoms with Crippen LogP contribution in [0.25, 0.3) is 0 Å². The molecule has 1 fully saturated rings. The first-order valence-electron chi connectivity index (χ1n) is 7.68. The molecule has 0 unspecified atom stereocenters. The summed E-state index contributed by atoms with van der Waals surface area (Å²) in [4.78, 5) is 19.5. The molecular formula is C17H15ClF3N3O. The smallest absolute Gasteiger partial charge is 0.353 e. The second-order valence-electron chi connectivity index (χ2n) is 5.66. The molecule has 0 spiro atoms. The van der Waals surface area contributed by atoms with E-state index < -0.39 is 11.7 Å². The minimum absolute atomic E-state index is 0.0893. The molecule has 4 nitrogen and oxygen atoms in total. The van der Waals surface area contributed by atoms with Gasteiger partial charge in [-0.1, -0.05) is 11.6 Å². The highest BCUT2D eigenvalue weighted by Crippen LogP contribution is 2.35. The highest BCUT2D eigenvalue weighted by Gasteiger charge is 2.36. The third-order valence-corrected chi connectivity index (χ3v) is 4.30. The van der Waals surface area contributed by atoms with Gasteiger partial charge in [-0.15, -0.1) is 0 Å². The van der Waals surface area contributed by atoms with Crippen molar-refractivity contribution in [3.05, 3.63) is 58.7 Å². The van der Waals surface area contributed by atoms with E-state index in [-0.39, 0.29) is 11.7 Å². The van der Waals surface area contributed by atoms with E-state index in [9.17, 15) is 18.0 Å². The molecule has 2 heterocycles. The van der Waals surface area contributed by atoms with Gasteiger partial charge in [0.2, 0.25) is 0 Å². The number of benzene rings is 1. The quantitative estimate of drug-likeness (QED) is 0.809. The van der Waals surface area contributed by atoms with Crippen molar-refractivity contribution >= 4 is 23.3 Å². The summed E-state index contributed by atoms with van der Waals surface area (Å²) >= 11 is 5.81. The van der Waals surface area contributed by atoms with E-state index in [1.165, 1.54) is 12.3 Å². The summed E-state index contributed by atoms with van der Waals surface area (Å²) in [6, 6.07) is 8.83. The van der Waals surface area contributed by atoms with E-state index in [0.717, 1.165) is 6.07 Å². The first kappa shape index (κ1) is 17.5. The third-order valence-electron chi connectivity index (χ3n) is 4.05. The van der Waals surface area contributed by atoms with Crippen LogP contribution >= 0.6 is 11.6 Å². The second kappa shape index (κ2) is 6.92. The van der Waals surface area contributed by atoms with Crippen LogP contribution in [-0.4, -0.2) is 42.0 Å². The predicted octanol–water partition coefficient (Wildman–Crippen LogP) is 3.72. The molecule has 0 atom stereocenters. The first-order valence-corrected chi connectivity index (χ1v) is 8.06. The molecule has 1 amide bonds. The molecular weight excluding hydrogens is 355 g/mol. The van der Waals surface area contributed by atoms with Gasteiger partial charge in [-0.3, -0.25) is 4.79 Å². The molecule has 8 heteroatoms. The molecule has 1 saturated heterocycles. The number of rotatable bonds is 2. The van der Waals surface area contributed by atoms with Crippen LogP contribution < -0.4 is 4.90 Å². The molecule has 0 bridgehead atoms. The van der Waals surface area contributed by atoms with Crippen molar-refractivity contribution in [2.45, 2.75) is 6.18 Å². The Balaban J connectivity index is 1.70. The van der Waals surface area contributed by atoms with E-state index in [1.54, 1.807) is 34.1 Å². The third kappa shape index (κ3) is 3.87. The number of carbonyl (C=O) groups excluding carboxylic acids is 1. The van der Waals surface area contributed by atoms with E-state index in [4.69, 9.17) is 11.6 Å². The summed E-state index contributed by atoms with van der Waals surface area (Å²) in [7, 11) is 0. The largest absolute Gasteiger partial charge is 0.419 e. The zero-order valence-electron chi connectivity index (χ0n) is 13.1. The number of nitrogens with zero attached hydrogens (tertiary/aromatic N) is 3. The Morgan fingerprint density at radius 3 is 2.28 bits per heavy atom. The molecule has 0 saturated carbocycles. The summed E-state index contributed by atoms with van der Waals surface area (Å²) in [6.45, 7) is 1.24. The number of anilines is 1. The molecule has 1 aliphatic rings. The second-order valence-corrected chi connectivity index (χ2v) is 6.09. The zero-order valence-corrected chi connectivity index (χ0v) is 13.9. The number of pyridine rings is 1. The highest BCUT2D eigenvalue weighted by molar-refractivity contribution is 6.30. The molecule has 0 radical (unpaired) electrons. The van der Waals surface area contributed by atoms with E-state index in [2.05, 4.69) is 4.98 Å². The summed E-state index contributed by atoms with van der Waals surface area (Å²) < 4.78 is 39.4. The van der Waals surface area contributed by atoms with Crippen LogP contribution in [0.3, 0.4) is 0 Å². The maximum absolute atomic E-state index is 13.1.